The smallest absolute Gasteiger partial charge is 0.365 e. The Morgan fingerprint density at radius 1 is 1.19 bits per heavy atom. The SMILES string of the molecule is Cc1nn(CCC(=O)Nc2c(C(N)=O)sc3nc(C(F)(F)F)cc(-c4ccc(F)cc4)c23)c(C)c1Br. The molecule has 0 spiro atoms. The van der Waals surface area contributed by atoms with Crippen molar-refractivity contribution >= 4 is 55.0 Å². The molecule has 3 heterocycles. The number of anilines is 1. The summed E-state index contributed by atoms with van der Waals surface area (Å²) in [5.74, 6) is -2.02. The van der Waals surface area contributed by atoms with Crippen LogP contribution in [0, 0.1) is 19.7 Å². The maximum absolute atomic E-state index is 13.6. The number of aryl methyl sites for hydroxylation is 2. The molecule has 4 rings (SSSR count). The highest BCUT2D eigenvalue weighted by molar-refractivity contribution is 9.10. The number of fused-ring (bicyclic) bond motifs is 1. The Morgan fingerprint density at radius 2 is 1.86 bits per heavy atom. The van der Waals surface area contributed by atoms with Crippen LogP contribution in [-0.2, 0) is 17.5 Å². The summed E-state index contributed by atoms with van der Waals surface area (Å²) in [5, 5.41) is 7.07. The molecule has 188 valence electrons. The fraction of sp³-hybridized carbons (Fsp3) is 0.217. The molecule has 0 aliphatic rings. The number of nitrogens with one attached hydrogen (secondary N) is 1. The minimum absolute atomic E-state index is 0.0221. The Morgan fingerprint density at radius 3 is 2.42 bits per heavy atom. The van der Waals surface area contributed by atoms with E-state index in [-0.39, 0.29) is 44.9 Å². The lowest BCUT2D eigenvalue weighted by molar-refractivity contribution is -0.140. The summed E-state index contributed by atoms with van der Waals surface area (Å²) in [6.07, 6.45) is -4.82. The molecule has 0 bridgehead atoms. The zero-order valence-corrected chi connectivity index (χ0v) is 21.2. The first kappa shape index (κ1) is 25.8. The van der Waals surface area contributed by atoms with Gasteiger partial charge in [0.25, 0.3) is 5.91 Å². The number of hydrogen-bond acceptors (Lipinski definition) is 5. The summed E-state index contributed by atoms with van der Waals surface area (Å²) in [5.41, 5.74) is 6.10. The number of benzene rings is 1. The Hall–Kier alpha value is -3.32. The van der Waals surface area contributed by atoms with Crippen LogP contribution in [0.2, 0.25) is 0 Å². The van der Waals surface area contributed by atoms with Crippen LogP contribution >= 0.6 is 27.3 Å². The number of primary amides is 1. The van der Waals surface area contributed by atoms with Crippen molar-refractivity contribution in [1.29, 1.82) is 0 Å². The highest BCUT2D eigenvalue weighted by Gasteiger charge is 2.35. The Bertz CT molecular complexity index is 1500. The molecule has 3 N–H and O–H groups in total. The fourth-order valence-corrected chi connectivity index (χ4v) is 4.99. The monoisotopic (exact) mass is 583 g/mol. The highest BCUT2D eigenvalue weighted by Crippen LogP contribution is 2.43. The number of rotatable bonds is 6. The van der Waals surface area contributed by atoms with Gasteiger partial charge in [-0.2, -0.15) is 18.3 Å². The minimum atomic E-state index is -4.78. The molecular formula is C23H18BrF4N5O2S. The largest absolute Gasteiger partial charge is 0.433 e. The van der Waals surface area contributed by atoms with Gasteiger partial charge in [-0.25, -0.2) is 9.37 Å². The molecule has 1 aromatic carbocycles. The third-order valence-corrected chi connectivity index (χ3v) is 7.69. The van der Waals surface area contributed by atoms with E-state index in [2.05, 4.69) is 31.3 Å². The van der Waals surface area contributed by atoms with E-state index >= 15 is 0 Å². The maximum atomic E-state index is 13.6. The number of halogens is 5. The van der Waals surface area contributed by atoms with Crippen molar-refractivity contribution < 1.29 is 27.2 Å². The summed E-state index contributed by atoms with van der Waals surface area (Å²) in [6, 6.07) is 5.61. The van der Waals surface area contributed by atoms with Crippen molar-refractivity contribution in [2.24, 2.45) is 5.73 Å². The molecule has 0 radical (unpaired) electrons. The number of carbonyl (C=O) groups excluding carboxylic acids is 2. The van der Waals surface area contributed by atoms with E-state index in [0.717, 1.165) is 34.1 Å². The lowest BCUT2D eigenvalue weighted by atomic mass is 10.0. The number of carbonyl (C=O) groups is 2. The van der Waals surface area contributed by atoms with Crippen LogP contribution in [0.5, 0.6) is 0 Å². The van der Waals surface area contributed by atoms with Crippen LogP contribution in [0.25, 0.3) is 21.3 Å². The first-order valence-electron chi connectivity index (χ1n) is 10.5. The maximum Gasteiger partial charge on any atom is 0.433 e. The van der Waals surface area contributed by atoms with Gasteiger partial charge in [-0.1, -0.05) is 12.1 Å². The van der Waals surface area contributed by atoms with Crippen LogP contribution in [0.15, 0.2) is 34.8 Å². The summed E-state index contributed by atoms with van der Waals surface area (Å²) in [6.45, 7) is 3.86. The van der Waals surface area contributed by atoms with Crippen LogP contribution in [0.3, 0.4) is 0 Å². The van der Waals surface area contributed by atoms with Crippen molar-refractivity contribution in [3.8, 4) is 11.1 Å². The van der Waals surface area contributed by atoms with Crippen LogP contribution < -0.4 is 11.1 Å². The molecule has 0 aliphatic carbocycles. The molecule has 0 saturated carbocycles. The van der Waals surface area contributed by atoms with E-state index in [1.807, 2.05) is 13.8 Å². The van der Waals surface area contributed by atoms with Crippen molar-refractivity contribution in [2.45, 2.75) is 33.0 Å². The Kier molecular flexibility index (Phi) is 6.88. The van der Waals surface area contributed by atoms with E-state index in [0.29, 0.717) is 11.3 Å². The second-order valence-electron chi connectivity index (χ2n) is 7.92. The predicted molar refractivity (Wildman–Crippen MR) is 131 cm³/mol. The molecule has 0 aliphatic heterocycles. The molecule has 36 heavy (non-hydrogen) atoms. The lowest BCUT2D eigenvalue weighted by Crippen LogP contribution is -2.18. The zero-order valence-electron chi connectivity index (χ0n) is 18.8. The van der Waals surface area contributed by atoms with E-state index in [1.54, 1.807) is 4.68 Å². The third kappa shape index (κ3) is 4.98. The molecule has 3 aromatic heterocycles. The third-order valence-electron chi connectivity index (χ3n) is 5.44. The Balaban J connectivity index is 1.80. The van der Waals surface area contributed by atoms with Crippen LogP contribution in [-0.4, -0.2) is 26.6 Å². The van der Waals surface area contributed by atoms with Crippen LogP contribution in [0.4, 0.5) is 23.2 Å². The Labute approximate surface area is 214 Å². The quantitative estimate of drug-likeness (QED) is 0.279. The number of hydrogen-bond donors (Lipinski definition) is 2. The highest BCUT2D eigenvalue weighted by atomic mass is 79.9. The van der Waals surface area contributed by atoms with E-state index in [9.17, 15) is 27.2 Å². The van der Waals surface area contributed by atoms with Gasteiger partial charge in [0.1, 0.15) is 21.2 Å². The topological polar surface area (TPSA) is 103 Å². The molecule has 0 saturated heterocycles. The first-order valence-corrected chi connectivity index (χ1v) is 12.1. The molecule has 13 heteroatoms. The summed E-state index contributed by atoms with van der Waals surface area (Å²) < 4.78 is 56.7. The number of thiophene rings is 1. The molecule has 0 fully saturated rings. The molecule has 2 amide bonds. The van der Waals surface area contributed by atoms with Crippen molar-refractivity contribution in [1.82, 2.24) is 14.8 Å². The van der Waals surface area contributed by atoms with Gasteiger partial charge in [0.15, 0.2) is 0 Å². The molecule has 0 atom stereocenters. The van der Waals surface area contributed by atoms with Crippen LogP contribution in [0.1, 0.15) is 33.2 Å². The summed E-state index contributed by atoms with van der Waals surface area (Å²) >= 11 is 4.06. The molecule has 0 unspecified atom stereocenters. The van der Waals surface area contributed by atoms with E-state index in [4.69, 9.17) is 5.73 Å². The average Bonchev–Trinajstić information content (AvgIpc) is 3.29. The fourth-order valence-electron chi connectivity index (χ4n) is 3.70. The van der Waals surface area contributed by atoms with E-state index in [1.165, 1.54) is 12.1 Å². The number of nitrogens with two attached hydrogens (primary N) is 1. The first-order chi connectivity index (χ1) is 16.9. The summed E-state index contributed by atoms with van der Waals surface area (Å²) in [7, 11) is 0. The molecular weight excluding hydrogens is 566 g/mol. The number of amides is 2. The van der Waals surface area contributed by atoms with Gasteiger partial charge in [0.05, 0.1) is 22.4 Å². The molecule has 4 aromatic rings. The van der Waals surface area contributed by atoms with Gasteiger partial charge in [0, 0.05) is 17.5 Å². The number of pyridine rings is 1. The second kappa shape index (κ2) is 9.62. The summed E-state index contributed by atoms with van der Waals surface area (Å²) in [4.78, 5) is 28.4. The van der Waals surface area contributed by atoms with Crippen molar-refractivity contribution in [3.05, 3.63) is 62.6 Å². The van der Waals surface area contributed by atoms with Crippen molar-refractivity contribution in [3.63, 3.8) is 0 Å². The lowest BCUT2D eigenvalue weighted by Gasteiger charge is -2.12. The average molecular weight is 584 g/mol. The predicted octanol–water partition coefficient (Wildman–Crippen LogP) is 5.82. The van der Waals surface area contributed by atoms with E-state index < -0.39 is 29.5 Å². The molecule has 7 nitrogen and oxygen atoms in total. The van der Waals surface area contributed by atoms with Gasteiger partial charge in [-0.15, -0.1) is 11.3 Å². The number of alkyl halides is 3. The normalized spacial score (nSPS) is 11.8. The van der Waals surface area contributed by atoms with Gasteiger partial charge >= 0.3 is 6.18 Å². The van der Waals surface area contributed by atoms with Crippen molar-refractivity contribution in [2.75, 3.05) is 5.32 Å². The second-order valence-corrected chi connectivity index (χ2v) is 9.71. The van der Waals surface area contributed by atoms with Gasteiger partial charge < -0.3 is 11.1 Å². The standard InChI is InChI=1S/C23H18BrF4N5O2S/c1-10-18(24)11(2)33(32-10)8-7-16(34)31-19-17-14(12-3-5-13(25)6-4-12)9-15(23(26,27)28)30-22(17)36-20(19)21(29)35/h3-6,9H,7-8H2,1-2H3,(H2,29,35)(H,31,34). The zero-order chi connectivity index (χ0) is 26.4. The van der Waals surface area contributed by atoms with Gasteiger partial charge in [-0.05, 0) is 59.1 Å². The number of nitrogens with zero attached hydrogens (tertiary/aromatic N) is 3. The van der Waals surface area contributed by atoms with Gasteiger partial charge in [0.2, 0.25) is 5.91 Å². The number of aromatic nitrogens is 3. The van der Waals surface area contributed by atoms with Gasteiger partial charge in [-0.3, -0.25) is 14.3 Å². The minimum Gasteiger partial charge on any atom is -0.365 e.